The first-order valence-corrected chi connectivity index (χ1v) is 7.42. The highest BCUT2D eigenvalue weighted by atomic mass is 35.5. The van der Waals surface area contributed by atoms with Crippen LogP contribution in [0.15, 0.2) is 18.2 Å². The van der Waals surface area contributed by atoms with Gasteiger partial charge in [-0.15, -0.1) is 0 Å². The van der Waals surface area contributed by atoms with Gasteiger partial charge in [-0.25, -0.2) is 4.39 Å². The van der Waals surface area contributed by atoms with E-state index in [1.54, 1.807) is 6.07 Å². The minimum Gasteiger partial charge on any atom is -0.327 e. The first kappa shape index (κ1) is 15.7. The molecule has 112 valence electrons. The van der Waals surface area contributed by atoms with E-state index in [1.165, 1.54) is 12.1 Å². The molecule has 0 radical (unpaired) electrons. The van der Waals surface area contributed by atoms with Gasteiger partial charge in [0.1, 0.15) is 5.82 Å². The van der Waals surface area contributed by atoms with Gasteiger partial charge in [-0.1, -0.05) is 17.7 Å². The highest BCUT2D eigenvalue weighted by molar-refractivity contribution is 6.31. The van der Waals surface area contributed by atoms with Gasteiger partial charge in [-0.05, 0) is 44.6 Å². The number of nitrogens with zero attached hydrogens (tertiary/aromatic N) is 2. The van der Waals surface area contributed by atoms with Crippen LogP contribution in [0.3, 0.4) is 0 Å². The van der Waals surface area contributed by atoms with Gasteiger partial charge in [0.15, 0.2) is 0 Å². The van der Waals surface area contributed by atoms with Crippen molar-refractivity contribution in [3.63, 3.8) is 0 Å². The maximum Gasteiger partial charge on any atom is 0.124 e. The highest BCUT2D eigenvalue weighted by Gasteiger charge is 2.24. The Morgan fingerprint density at radius 3 is 2.85 bits per heavy atom. The second-order valence-electron chi connectivity index (χ2n) is 5.83. The molecule has 1 aliphatic rings. The molecule has 2 atom stereocenters. The maximum atomic E-state index is 13.0. The van der Waals surface area contributed by atoms with Crippen LogP contribution in [0.1, 0.15) is 12.0 Å². The molecule has 1 aliphatic heterocycles. The molecule has 1 fully saturated rings. The van der Waals surface area contributed by atoms with E-state index in [9.17, 15) is 4.39 Å². The SMILES string of the molecule is CN1CCN(C)C(CC(N)Cc2ccc(F)cc2Cl)C1. The molecule has 1 heterocycles. The summed E-state index contributed by atoms with van der Waals surface area (Å²) in [6.45, 7) is 3.22. The number of hydrogen-bond donors (Lipinski definition) is 1. The number of rotatable bonds is 4. The van der Waals surface area contributed by atoms with Gasteiger partial charge in [0.05, 0.1) is 0 Å². The Labute approximate surface area is 125 Å². The van der Waals surface area contributed by atoms with Gasteiger partial charge in [0.25, 0.3) is 0 Å². The molecular weight excluding hydrogens is 277 g/mol. The van der Waals surface area contributed by atoms with Crippen LogP contribution in [0, 0.1) is 5.82 Å². The molecule has 0 amide bonds. The molecule has 0 spiro atoms. The van der Waals surface area contributed by atoms with Crippen LogP contribution in [0.5, 0.6) is 0 Å². The molecule has 0 saturated carbocycles. The molecule has 3 nitrogen and oxygen atoms in total. The van der Waals surface area contributed by atoms with E-state index < -0.39 is 0 Å². The molecule has 1 aromatic carbocycles. The predicted octanol–water partition coefficient (Wildman–Crippen LogP) is 1.98. The van der Waals surface area contributed by atoms with Crippen molar-refractivity contribution in [2.45, 2.75) is 24.9 Å². The number of hydrogen-bond acceptors (Lipinski definition) is 3. The van der Waals surface area contributed by atoms with Crippen molar-refractivity contribution >= 4 is 11.6 Å². The van der Waals surface area contributed by atoms with Crippen molar-refractivity contribution in [1.29, 1.82) is 0 Å². The summed E-state index contributed by atoms with van der Waals surface area (Å²) in [5, 5.41) is 0.467. The van der Waals surface area contributed by atoms with Crippen LogP contribution >= 0.6 is 11.6 Å². The van der Waals surface area contributed by atoms with Gasteiger partial charge in [-0.3, -0.25) is 0 Å². The Hall–Kier alpha value is -0.680. The van der Waals surface area contributed by atoms with E-state index in [1.807, 2.05) is 0 Å². The zero-order valence-corrected chi connectivity index (χ0v) is 12.9. The van der Waals surface area contributed by atoms with Crippen LogP contribution in [-0.2, 0) is 6.42 Å². The molecule has 0 aliphatic carbocycles. The minimum absolute atomic E-state index is 0.0388. The fourth-order valence-electron chi connectivity index (χ4n) is 2.76. The van der Waals surface area contributed by atoms with Crippen LogP contribution < -0.4 is 5.73 Å². The van der Waals surface area contributed by atoms with Crippen molar-refractivity contribution < 1.29 is 4.39 Å². The maximum absolute atomic E-state index is 13.0. The summed E-state index contributed by atoms with van der Waals surface area (Å²) in [5.41, 5.74) is 7.18. The van der Waals surface area contributed by atoms with E-state index in [0.717, 1.165) is 31.6 Å². The number of halogens is 2. The lowest BCUT2D eigenvalue weighted by Crippen LogP contribution is -2.51. The molecule has 20 heavy (non-hydrogen) atoms. The third-order valence-electron chi connectivity index (χ3n) is 4.05. The Balaban J connectivity index is 1.93. The van der Waals surface area contributed by atoms with Gasteiger partial charge < -0.3 is 15.5 Å². The van der Waals surface area contributed by atoms with Gasteiger partial charge in [-0.2, -0.15) is 0 Å². The van der Waals surface area contributed by atoms with E-state index in [0.29, 0.717) is 17.5 Å². The number of benzene rings is 1. The molecule has 1 saturated heterocycles. The smallest absolute Gasteiger partial charge is 0.124 e. The third-order valence-corrected chi connectivity index (χ3v) is 4.40. The quantitative estimate of drug-likeness (QED) is 0.923. The standard InChI is InChI=1S/C15H23ClFN3/c1-19-5-6-20(2)14(10-19)9-13(18)7-11-3-4-12(17)8-15(11)16/h3-4,8,13-14H,5-7,9-10,18H2,1-2H3. The van der Waals surface area contributed by atoms with Crippen molar-refractivity contribution in [1.82, 2.24) is 9.80 Å². The van der Waals surface area contributed by atoms with E-state index in [-0.39, 0.29) is 11.9 Å². The van der Waals surface area contributed by atoms with Crippen molar-refractivity contribution in [3.8, 4) is 0 Å². The largest absolute Gasteiger partial charge is 0.327 e. The number of nitrogens with two attached hydrogens (primary N) is 1. The van der Waals surface area contributed by atoms with Crippen molar-refractivity contribution in [3.05, 3.63) is 34.6 Å². The Morgan fingerprint density at radius 1 is 1.40 bits per heavy atom. The number of piperazine rings is 1. The third kappa shape index (κ3) is 4.16. The summed E-state index contributed by atoms with van der Waals surface area (Å²) >= 11 is 6.05. The molecule has 2 unspecified atom stereocenters. The first-order valence-electron chi connectivity index (χ1n) is 7.04. The molecular formula is C15H23ClFN3. The van der Waals surface area contributed by atoms with Crippen LogP contribution in [0.4, 0.5) is 4.39 Å². The van der Waals surface area contributed by atoms with E-state index in [4.69, 9.17) is 17.3 Å². The Morgan fingerprint density at radius 2 is 2.15 bits per heavy atom. The fourth-order valence-corrected chi connectivity index (χ4v) is 3.00. The average Bonchev–Trinajstić information content (AvgIpc) is 2.37. The zero-order valence-electron chi connectivity index (χ0n) is 12.1. The second kappa shape index (κ2) is 6.85. The van der Waals surface area contributed by atoms with E-state index in [2.05, 4.69) is 23.9 Å². The second-order valence-corrected chi connectivity index (χ2v) is 6.24. The molecule has 5 heteroatoms. The summed E-state index contributed by atoms with van der Waals surface area (Å²) < 4.78 is 13.0. The highest BCUT2D eigenvalue weighted by Crippen LogP contribution is 2.20. The monoisotopic (exact) mass is 299 g/mol. The normalized spacial score (nSPS) is 22.9. The molecule has 0 aromatic heterocycles. The topological polar surface area (TPSA) is 32.5 Å². The van der Waals surface area contributed by atoms with Crippen LogP contribution in [0.25, 0.3) is 0 Å². The minimum atomic E-state index is -0.305. The molecule has 1 aromatic rings. The average molecular weight is 300 g/mol. The lowest BCUT2D eigenvalue weighted by atomic mass is 9.98. The van der Waals surface area contributed by atoms with Gasteiger partial charge in [0, 0.05) is 36.7 Å². The summed E-state index contributed by atoms with van der Waals surface area (Å²) in [6, 6.07) is 5.03. The Kier molecular flexibility index (Phi) is 5.38. The molecule has 2 rings (SSSR count). The number of likely N-dealkylation sites (N-methyl/N-ethyl adjacent to an activating group) is 2. The van der Waals surface area contributed by atoms with E-state index >= 15 is 0 Å². The lowest BCUT2D eigenvalue weighted by molar-refractivity contribution is 0.104. The van der Waals surface area contributed by atoms with Crippen LogP contribution in [0.2, 0.25) is 5.02 Å². The fraction of sp³-hybridized carbons (Fsp3) is 0.600. The summed E-state index contributed by atoms with van der Waals surface area (Å²) in [4.78, 5) is 4.70. The summed E-state index contributed by atoms with van der Waals surface area (Å²) in [6.07, 6.45) is 1.61. The van der Waals surface area contributed by atoms with Crippen LogP contribution in [-0.4, -0.2) is 55.6 Å². The molecule has 2 N–H and O–H groups in total. The van der Waals surface area contributed by atoms with Gasteiger partial charge in [0.2, 0.25) is 0 Å². The summed E-state index contributed by atoms with van der Waals surface area (Å²) in [7, 11) is 4.29. The molecule has 0 bridgehead atoms. The lowest BCUT2D eigenvalue weighted by Gasteiger charge is -2.38. The zero-order chi connectivity index (χ0) is 14.7. The first-order chi connectivity index (χ1) is 9.45. The predicted molar refractivity (Wildman–Crippen MR) is 81.6 cm³/mol. The summed E-state index contributed by atoms with van der Waals surface area (Å²) in [5.74, 6) is -0.305. The van der Waals surface area contributed by atoms with Gasteiger partial charge >= 0.3 is 0 Å². The van der Waals surface area contributed by atoms with Crippen molar-refractivity contribution in [2.75, 3.05) is 33.7 Å². The Bertz CT molecular complexity index is 455. The van der Waals surface area contributed by atoms with Crippen molar-refractivity contribution in [2.24, 2.45) is 5.73 Å².